The van der Waals surface area contributed by atoms with Crippen LogP contribution in [0.5, 0.6) is 0 Å². The van der Waals surface area contributed by atoms with E-state index in [1.54, 1.807) is 19.9 Å². The Balaban J connectivity index is 1.92. The van der Waals surface area contributed by atoms with E-state index < -0.39 is 17.4 Å². The Kier molecular flexibility index (Phi) is 5.25. The van der Waals surface area contributed by atoms with Crippen LogP contribution < -0.4 is 10.9 Å². The molecule has 9 nitrogen and oxygen atoms in total. The first kappa shape index (κ1) is 19.3. The summed E-state index contributed by atoms with van der Waals surface area (Å²) < 4.78 is 11.0. The van der Waals surface area contributed by atoms with E-state index in [2.05, 4.69) is 15.5 Å². The van der Waals surface area contributed by atoms with Gasteiger partial charge >= 0.3 is 5.97 Å². The Morgan fingerprint density at radius 2 is 1.96 bits per heavy atom. The summed E-state index contributed by atoms with van der Waals surface area (Å²) in [5.74, 6) is -0.918. The van der Waals surface area contributed by atoms with Crippen molar-refractivity contribution in [1.29, 1.82) is 0 Å². The van der Waals surface area contributed by atoms with Crippen molar-refractivity contribution in [2.45, 2.75) is 34.2 Å². The molecule has 2 aromatic heterocycles. The Hall–Kier alpha value is -3.49. The first-order chi connectivity index (χ1) is 13.3. The van der Waals surface area contributed by atoms with Crippen LogP contribution in [0.15, 0.2) is 27.5 Å². The molecule has 0 radical (unpaired) electrons. The molecule has 1 aromatic carbocycles. The van der Waals surface area contributed by atoms with Gasteiger partial charge in [0.15, 0.2) is 0 Å². The number of aromatic nitrogens is 3. The number of carbonyl (C=O) groups excluding carboxylic acids is 2. The SMILES string of the molecule is CCOC(=O)c1noc2nc(C)n(CC(=O)Nc3ccc(C)c(C)c3)c(=O)c12. The van der Waals surface area contributed by atoms with Gasteiger partial charge in [-0.1, -0.05) is 11.2 Å². The molecule has 28 heavy (non-hydrogen) atoms. The lowest BCUT2D eigenvalue weighted by Gasteiger charge is -2.11. The fourth-order valence-corrected chi connectivity index (χ4v) is 2.73. The molecule has 1 amide bonds. The van der Waals surface area contributed by atoms with Crippen LogP contribution in [0.4, 0.5) is 5.69 Å². The first-order valence-electron chi connectivity index (χ1n) is 8.72. The van der Waals surface area contributed by atoms with E-state index in [0.717, 1.165) is 11.1 Å². The van der Waals surface area contributed by atoms with E-state index in [0.29, 0.717) is 5.69 Å². The molecular weight excluding hydrogens is 364 g/mol. The molecule has 3 aromatic rings. The minimum atomic E-state index is -0.782. The van der Waals surface area contributed by atoms with E-state index in [4.69, 9.17) is 9.26 Å². The molecular formula is C19H20N4O5. The Morgan fingerprint density at radius 1 is 1.21 bits per heavy atom. The number of carbonyl (C=O) groups is 2. The minimum absolute atomic E-state index is 0.0728. The summed E-state index contributed by atoms with van der Waals surface area (Å²) in [4.78, 5) is 41.4. The van der Waals surface area contributed by atoms with E-state index in [1.807, 2.05) is 26.0 Å². The third-order valence-corrected chi connectivity index (χ3v) is 4.35. The quantitative estimate of drug-likeness (QED) is 0.670. The Bertz CT molecular complexity index is 1130. The number of anilines is 1. The summed E-state index contributed by atoms with van der Waals surface area (Å²) >= 11 is 0. The van der Waals surface area contributed by atoms with E-state index >= 15 is 0 Å². The summed E-state index contributed by atoms with van der Waals surface area (Å²) in [5, 5.41) is 6.24. The van der Waals surface area contributed by atoms with Gasteiger partial charge in [-0.3, -0.25) is 14.2 Å². The van der Waals surface area contributed by atoms with Crippen LogP contribution in [-0.4, -0.2) is 33.2 Å². The Morgan fingerprint density at radius 3 is 2.64 bits per heavy atom. The van der Waals surface area contributed by atoms with Crippen molar-refractivity contribution in [3.8, 4) is 0 Å². The predicted octanol–water partition coefficient (Wildman–Crippen LogP) is 2.13. The highest BCUT2D eigenvalue weighted by atomic mass is 16.5. The summed E-state index contributed by atoms with van der Waals surface area (Å²) in [5.41, 5.74) is 1.86. The van der Waals surface area contributed by atoms with Crippen molar-refractivity contribution in [2.75, 3.05) is 11.9 Å². The second-order valence-corrected chi connectivity index (χ2v) is 6.33. The third kappa shape index (κ3) is 3.64. The van der Waals surface area contributed by atoms with Crippen LogP contribution in [0.1, 0.15) is 34.4 Å². The number of nitrogens with one attached hydrogen (secondary N) is 1. The van der Waals surface area contributed by atoms with E-state index in [9.17, 15) is 14.4 Å². The highest BCUT2D eigenvalue weighted by Crippen LogP contribution is 2.16. The average Bonchev–Trinajstić information content (AvgIpc) is 3.06. The predicted molar refractivity (Wildman–Crippen MR) is 101 cm³/mol. The van der Waals surface area contributed by atoms with Gasteiger partial charge in [-0.2, -0.15) is 4.98 Å². The normalized spacial score (nSPS) is 10.9. The van der Waals surface area contributed by atoms with Crippen LogP contribution in [0.2, 0.25) is 0 Å². The van der Waals surface area contributed by atoms with Crippen LogP contribution in [0, 0.1) is 20.8 Å². The number of amides is 1. The number of hydrogen-bond donors (Lipinski definition) is 1. The number of esters is 1. The molecule has 0 spiro atoms. The molecule has 0 bridgehead atoms. The van der Waals surface area contributed by atoms with Gasteiger partial charge in [0, 0.05) is 5.69 Å². The zero-order chi connectivity index (χ0) is 20.4. The second kappa shape index (κ2) is 7.63. The first-order valence-corrected chi connectivity index (χ1v) is 8.72. The maximum absolute atomic E-state index is 12.9. The third-order valence-electron chi connectivity index (χ3n) is 4.35. The monoisotopic (exact) mass is 384 g/mol. The summed E-state index contributed by atoms with van der Waals surface area (Å²) in [6.07, 6.45) is 0. The fraction of sp³-hybridized carbons (Fsp3) is 0.316. The number of ether oxygens (including phenoxy) is 1. The van der Waals surface area contributed by atoms with Gasteiger partial charge in [0.05, 0.1) is 6.61 Å². The van der Waals surface area contributed by atoms with Gasteiger partial charge < -0.3 is 14.6 Å². The summed E-state index contributed by atoms with van der Waals surface area (Å²) in [7, 11) is 0. The zero-order valence-electron chi connectivity index (χ0n) is 16.0. The lowest BCUT2D eigenvalue weighted by molar-refractivity contribution is -0.116. The molecule has 0 aliphatic rings. The topological polar surface area (TPSA) is 116 Å². The molecule has 146 valence electrons. The van der Waals surface area contributed by atoms with E-state index in [1.165, 1.54) is 4.57 Å². The van der Waals surface area contributed by atoms with Crippen molar-refractivity contribution in [1.82, 2.24) is 14.7 Å². The molecule has 0 fully saturated rings. The maximum atomic E-state index is 12.9. The molecule has 0 aliphatic heterocycles. The Labute approximate surface area is 160 Å². The van der Waals surface area contributed by atoms with Crippen molar-refractivity contribution < 1.29 is 18.8 Å². The molecule has 0 atom stereocenters. The smallest absolute Gasteiger partial charge is 0.361 e. The van der Waals surface area contributed by atoms with Crippen LogP contribution in [-0.2, 0) is 16.1 Å². The van der Waals surface area contributed by atoms with Gasteiger partial charge in [-0.25, -0.2) is 4.79 Å². The van der Waals surface area contributed by atoms with Crippen LogP contribution >= 0.6 is 0 Å². The number of aryl methyl sites for hydroxylation is 3. The summed E-state index contributed by atoms with van der Waals surface area (Å²) in [6.45, 7) is 6.98. The van der Waals surface area contributed by atoms with Crippen molar-refractivity contribution >= 4 is 28.7 Å². The molecule has 0 aliphatic carbocycles. The van der Waals surface area contributed by atoms with Crippen molar-refractivity contribution in [3.63, 3.8) is 0 Å². The molecule has 2 heterocycles. The van der Waals surface area contributed by atoms with Crippen molar-refractivity contribution in [2.24, 2.45) is 0 Å². The maximum Gasteiger partial charge on any atom is 0.361 e. The number of fused-ring (bicyclic) bond motifs is 1. The molecule has 9 heteroatoms. The van der Waals surface area contributed by atoms with E-state index in [-0.39, 0.29) is 35.8 Å². The zero-order valence-corrected chi connectivity index (χ0v) is 16.0. The summed E-state index contributed by atoms with van der Waals surface area (Å²) in [6, 6.07) is 5.54. The van der Waals surface area contributed by atoms with Crippen molar-refractivity contribution in [3.05, 3.63) is 51.2 Å². The van der Waals surface area contributed by atoms with Gasteiger partial charge in [0.1, 0.15) is 17.8 Å². The second-order valence-electron chi connectivity index (χ2n) is 6.33. The molecule has 1 N–H and O–H groups in total. The van der Waals surface area contributed by atoms with Crippen LogP contribution in [0.3, 0.4) is 0 Å². The standard InChI is InChI=1S/C19H20N4O5/c1-5-27-19(26)16-15-17(28-22-16)20-12(4)23(18(15)25)9-14(24)21-13-7-6-10(2)11(3)8-13/h6-8H,5,9H2,1-4H3,(H,21,24). The number of rotatable bonds is 5. The number of benzene rings is 1. The van der Waals surface area contributed by atoms with Gasteiger partial charge in [0.25, 0.3) is 11.3 Å². The highest BCUT2D eigenvalue weighted by Gasteiger charge is 2.24. The molecule has 0 saturated heterocycles. The van der Waals surface area contributed by atoms with Crippen LogP contribution in [0.25, 0.3) is 11.1 Å². The highest BCUT2D eigenvalue weighted by molar-refractivity contribution is 6.00. The molecule has 0 unspecified atom stereocenters. The fourth-order valence-electron chi connectivity index (χ4n) is 2.73. The molecule has 3 rings (SSSR count). The lowest BCUT2D eigenvalue weighted by Crippen LogP contribution is -2.30. The number of hydrogen-bond acceptors (Lipinski definition) is 7. The van der Waals surface area contributed by atoms with Gasteiger partial charge in [0.2, 0.25) is 11.6 Å². The number of nitrogens with zero attached hydrogens (tertiary/aromatic N) is 3. The average molecular weight is 384 g/mol. The van der Waals surface area contributed by atoms with Gasteiger partial charge in [-0.05, 0) is 51.0 Å². The largest absolute Gasteiger partial charge is 0.461 e. The van der Waals surface area contributed by atoms with Gasteiger partial charge in [-0.15, -0.1) is 0 Å². The lowest BCUT2D eigenvalue weighted by atomic mass is 10.1. The molecule has 0 saturated carbocycles. The minimum Gasteiger partial charge on any atom is -0.461 e.